The first-order chi connectivity index (χ1) is 9.66. The Morgan fingerprint density at radius 3 is 2.70 bits per heavy atom. The molecule has 2 aromatic heterocycles. The van der Waals surface area contributed by atoms with Crippen LogP contribution >= 0.6 is 0 Å². The number of carbonyl (C=O) groups is 1. The van der Waals surface area contributed by atoms with Crippen LogP contribution in [0.3, 0.4) is 0 Å². The topological polar surface area (TPSA) is 66.3 Å². The molecule has 5 nitrogen and oxygen atoms in total. The van der Waals surface area contributed by atoms with E-state index in [0.29, 0.717) is 6.54 Å². The van der Waals surface area contributed by atoms with Gasteiger partial charge in [-0.25, -0.2) is 9.78 Å². The van der Waals surface area contributed by atoms with Crippen molar-refractivity contribution >= 4 is 5.97 Å². The van der Waals surface area contributed by atoms with E-state index in [-0.39, 0.29) is 5.69 Å². The van der Waals surface area contributed by atoms with Gasteiger partial charge in [0.1, 0.15) is 0 Å². The zero-order valence-electron chi connectivity index (χ0n) is 11.4. The molecule has 0 aliphatic rings. The highest BCUT2D eigenvalue weighted by Gasteiger charge is 2.12. The lowest BCUT2D eigenvalue weighted by Gasteiger charge is -2.17. The van der Waals surface area contributed by atoms with Crippen LogP contribution in [0.1, 0.15) is 21.7 Å². The van der Waals surface area contributed by atoms with Crippen molar-refractivity contribution in [1.29, 1.82) is 0 Å². The lowest BCUT2D eigenvalue weighted by atomic mass is 10.1. The van der Waals surface area contributed by atoms with E-state index in [1.165, 1.54) is 6.20 Å². The van der Waals surface area contributed by atoms with E-state index < -0.39 is 5.97 Å². The molecule has 0 atom stereocenters. The van der Waals surface area contributed by atoms with Crippen LogP contribution in [0.15, 0.2) is 42.7 Å². The van der Waals surface area contributed by atoms with Crippen molar-refractivity contribution in [3.05, 3.63) is 59.7 Å². The van der Waals surface area contributed by atoms with Crippen LogP contribution in [-0.4, -0.2) is 39.5 Å². The van der Waals surface area contributed by atoms with Gasteiger partial charge in [0.25, 0.3) is 0 Å². The van der Waals surface area contributed by atoms with Gasteiger partial charge in [-0.3, -0.25) is 4.98 Å². The Labute approximate surface area is 117 Å². The lowest BCUT2D eigenvalue weighted by Crippen LogP contribution is -2.22. The van der Waals surface area contributed by atoms with Crippen molar-refractivity contribution in [2.75, 3.05) is 13.6 Å². The fourth-order valence-corrected chi connectivity index (χ4v) is 1.98. The maximum atomic E-state index is 11.1. The second-order valence-corrected chi connectivity index (χ2v) is 4.63. The Balaban J connectivity index is 1.95. The number of rotatable bonds is 6. The Bertz CT molecular complexity index is 572. The Morgan fingerprint density at radius 2 is 2.00 bits per heavy atom. The van der Waals surface area contributed by atoms with Gasteiger partial charge in [0.15, 0.2) is 5.69 Å². The molecule has 5 heteroatoms. The van der Waals surface area contributed by atoms with Gasteiger partial charge in [-0.2, -0.15) is 0 Å². The van der Waals surface area contributed by atoms with E-state index in [0.717, 1.165) is 24.2 Å². The van der Waals surface area contributed by atoms with Crippen LogP contribution in [0.25, 0.3) is 0 Å². The highest BCUT2D eigenvalue weighted by Crippen LogP contribution is 2.09. The summed E-state index contributed by atoms with van der Waals surface area (Å²) in [6, 6.07) is 9.40. The largest absolute Gasteiger partial charge is 0.477 e. The zero-order chi connectivity index (χ0) is 14.4. The van der Waals surface area contributed by atoms with E-state index in [1.807, 2.05) is 25.2 Å². The number of carboxylic acids is 1. The van der Waals surface area contributed by atoms with Crippen LogP contribution in [-0.2, 0) is 13.0 Å². The van der Waals surface area contributed by atoms with E-state index in [9.17, 15) is 4.79 Å². The fourth-order valence-electron chi connectivity index (χ4n) is 1.98. The first kappa shape index (κ1) is 14.1. The van der Waals surface area contributed by atoms with Gasteiger partial charge in [0.05, 0.1) is 0 Å². The second-order valence-electron chi connectivity index (χ2n) is 4.63. The Hall–Kier alpha value is -2.27. The highest BCUT2D eigenvalue weighted by atomic mass is 16.4. The molecule has 0 amide bonds. The van der Waals surface area contributed by atoms with Crippen LogP contribution in [0, 0.1) is 0 Å². The molecule has 2 rings (SSSR count). The molecule has 0 radical (unpaired) electrons. The van der Waals surface area contributed by atoms with Crippen molar-refractivity contribution in [1.82, 2.24) is 14.9 Å². The Kier molecular flexibility index (Phi) is 4.79. The third-order valence-electron chi connectivity index (χ3n) is 3.01. The van der Waals surface area contributed by atoms with Gasteiger partial charge >= 0.3 is 5.97 Å². The smallest absolute Gasteiger partial charge is 0.354 e. The molecule has 0 spiro atoms. The van der Waals surface area contributed by atoms with Crippen LogP contribution in [0.4, 0.5) is 0 Å². The summed E-state index contributed by atoms with van der Waals surface area (Å²) in [5.41, 5.74) is 1.88. The molecule has 0 saturated heterocycles. The summed E-state index contributed by atoms with van der Waals surface area (Å²) in [6.07, 6.45) is 4.11. The SMILES string of the molecule is CN(CCc1ccccn1)Cc1cccnc1C(=O)O. The number of hydrogen-bond acceptors (Lipinski definition) is 4. The van der Waals surface area contributed by atoms with E-state index >= 15 is 0 Å². The lowest BCUT2D eigenvalue weighted by molar-refractivity contribution is 0.0688. The van der Waals surface area contributed by atoms with Crippen LogP contribution in [0.5, 0.6) is 0 Å². The third-order valence-corrected chi connectivity index (χ3v) is 3.01. The maximum Gasteiger partial charge on any atom is 0.354 e. The van der Waals surface area contributed by atoms with Gasteiger partial charge in [-0.1, -0.05) is 12.1 Å². The predicted molar refractivity (Wildman–Crippen MR) is 75.5 cm³/mol. The zero-order valence-corrected chi connectivity index (χ0v) is 11.4. The molecular formula is C15H17N3O2. The van der Waals surface area contributed by atoms with Gasteiger partial charge < -0.3 is 10.0 Å². The molecule has 0 unspecified atom stereocenters. The molecular weight excluding hydrogens is 254 g/mol. The van der Waals surface area contributed by atoms with Gasteiger partial charge in [-0.05, 0) is 30.8 Å². The molecule has 104 valence electrons. The molecule has 2 heterocycles. The van der Waals surface area contributed by atoms with Crippen molar-refractivity contribution in [3.63, 3.8) is 0 Å². The maximum absolute atomic E-state index is 11.1. The standard InChI is InChI=1S/C15H17N3O2/c1-18(10-7-13-6-2-3-8-16-13)11-12-5-4-9-17-14(12)15(19)20/h2-6,8-9H,7,10-11H2,1H3,(H,19,20). The molecule has 0 aliphatic carbocycles. The summed E-state index contributed by atoms with van der Waals surface area (Å²) in [5.74, 6) is -0.987. The van der Waals surface area contributed by atoms with Gasteiger partial charge in [-0.15, -0.1) is 0 Å². The van der Waals surface area contributed by atoms with Crippen LogP contribution in [0.2, 0.25) is 0 Å². The minimum absolute atomic E-state index is 0.122. The molecule has 0 fully saturated rings. The quantitative estimate of drug-likeness (QED) is 0.868. The Morgan fingerprint density at radius 1 is 1.20 bits per heavy atom. The molecule has 0 aromatic carbocycles. The van der Waals surface area contributed by atoms with Crippen LogP contribution < -0.4 is 0 Å². The van der Waals surface area contributed by atoms with Gasteiger partial charge in [0, 0.05) is 37.6 Å². The number of nitrogens with zero attached hydrogens (tertiary/aromatic N) is 3. The fraction of sp³-hybridized carbons (Fsp3) is 0.267. The summed E-state index contributed by atoms with van der Waals surface area (Å²) in [7, 11) is 1.96. The van der Waals surface area contributed by atoms with Gasteiger partial charge in [0.2, 0.25) is 0 Å². The molecule has 2 aromatic rings. The number of hydrogen-bond donors (Lipinski definition) is 1. The number of carboxylic acid groups (broad SMARTS) is 1. The number of pyridine rings is 2. The van der Waals surface area contributed by atoms with E-state index in [4.69, 9.17) is 5.11 Å². The van der Waals surface area contributed by atoms with E-state index in [2.05, 4.69) is 14.9 Å². The van der Waals surface area contributed by atoms with Crippen molar-refractivity contribution in [2.24, 2.45) is 0 Å². The summed E-state index contributed by atoms with van der Waals surface area (Å²) in [4.78, 5) is 21.3. The van der Waals surface area contributed by atoms with Crippen molar-refractivity contribution < 1.29 is 9.90 Å². The highest BCUT2D eigenvalue weighted by molar-refractivity contribution is 5.86. The number of likely N-dealkylation sites (N-methyl/N-ethyl adjacent to an activating group) is 1. The second kappa shape index (κ2) is 6.77. The monoisotopic (exact) mass is 271 g/mol. The first-order valence-corrected chi connectivity index (χ1v) is 6.42. The van der Waals surface area contributed by atoms with E-state index in [1.54, 1.807) is 18.3 Å². The average molecular weight is 271 g/mol. The number of aromatic carboxylic acids is 1. The first-order valence-electron chi connectivity index (χ1n) is 6.42. The molecule has 0 aliphatic heterocycles. The summed E-state index contributed by atoms with van der Waals surface area (Å²) in [5, 5.41) is 9.10. The molecule has 0 bridgehead atoms. The minimum atomic E-state index is -0.987. The minimum Gasteiger partial charge on any atom is -0.477 e. The summed E-state index contributed by atoms with van der Waals surface area (Å²) in [6.45, 7) is 1.37. The molecule has 20 heavy (non-hydrogen) atoms. The molecule has 0 saturated carbocycles. The predicted octanol–water partition coefficient (Wildman–Crippen LogP) is 1.85. The average Bonchev–Trinajstić information content (AvgIpc) is 2.46. The summed E-state index contributed by atoms with van der Waals surface area (Å²) >= 11 is 0. The van der Waals surface area contributed by atoms with Crippen molar-refractivity contribution in [3.8, 4) is 0 Å². The number of aromatic nitrogens is 2. The normalized spacial score (nSPS) is 10.7. The van der Waals surface area contributed by atoms with Crippen molar-refractivity contribution in [2.45, 2.75) is 13.0 Å². The molecule has 1 N–H and O–H groups in total. The summed E-state index contributed by atoms with van der Waals surface area (Å²) < 4.78 is 0. The third kappa shape index (κ3) is 3.86.